The Morgan fingerprint density at radius 1 is 1.19 bits per heavy atom. The predicted molar refractivity (Wildman–Crippen MR) is 77.1 cm³/mol. The number of hydrogen-bond acceptors (Lipinski definition) is 3. The van der Waals surface area contributed by atoms with Crippen LogP contribution in [0.3, 0.4) is 0 Å². The third-order valence-electron chi connectivity index (χ3n) is 2.68. The van der Waals surface area contributed by atoms with Crippen molar-refractivity contribution in [3.63, 3.8) is 0 Å². The van der Waals surface area contributed by atoms with Gasteiger partial charge in [-0.15, -0.1) is 16.8 Å². The highest BCUT2D eigenvalue weighted by atomic mass is 32.2. The van der Waals surface area contributed by atoms with E-state index in [2.05, 4.69) is 16.8 Å². The van der Waals surface area contributed by atoms with Crippen LogP contribution in [-0.2, 0) is 6.54 Å². The third kappa shape index (κ3) is 4.35. The highest BCUT2D eigenvalue weighted by Gasteiger charge is 2.27. The highest BCUT2D eigenvalue weighted by molar-refractivity contribution is 7.99. The molecule has 0 fully saturated rings. The van der Waals surface area contributed by atoms with E-state index in [1.54, 1.807) is 10.6 Å². The van der Waals surface area contributed by atoms with Crippen molar-refractivity contribution in [2.75, 3.05) is 5.75 Å². The number of rotatable bonds is 6. The van der Waals surface area contributed by atoms with Crippen LogP contribution in [0.2, 0.25) is 0 Å². The van der Waals surface area contributed by atoms with Crippen molar-refractivity contribution >= 4 is 11.8 Å². The van der Waals surface area contributed by atoms with Gasteiger partial charge < -0.3 is 0 Å². The normalized spacial score (nSPS) is 11.6. The molecule has 1 heterocycles. The number of aromatic nitrogens is 3. The van der Waals surface area contributed by atoms with E-state index in [-0.39, 0.29) is 5.75 Å². The summed E-state index contributed by atoms with van der Waals surface area (Å²) in [5.74, 6) is 0.554. The van der Waals surface area contributed by atoms with Crippen LogP contribution in [0, 0.1) is 0 Å². The fourth-order valence-electron chi connectivity index (χ4n) is 1.75. The summed E-state index contributed by atoms with van der Waals surface area (Å²) < 4.78 is 38.4. The van der Waals surface area contributed by atoms with Crippen molar-refractivity contribution in [3.8, 4) is 11.4 Å². The zero-order chi connectivity index (χ0) is 15.3. The molecule has 21 heavy (non-hydrogen) atoms. The first-order valence-electron chi connectivity index (χ1n) is 6.30. The molecule has 0 saturated carbocycles. The first-order valence-corrected chi connectivity index (χ1v) is 7.29. The average Bonchev–Trinajstić information content (AvgIpc) is 2.82. The Labute approximate surface area is 124 Å². The van der Waals surface area contributed by atoms with E-state index in [9.17, 15) is 13.2 Å². The second-order valence-corrected chi connectivity index (χ2v) is 5.35. The minimum absolute atomic E-state index is 0.0758. The van der Waals surface area contributed by atoms with Gasteiger partial charge >= 0.3 is 6.18 Å². The van der Waals surface area contributed by atoms with Gasteiger partial charge in [0.25, 0.3) is 0 Å². The van der Waals surface area contributed by atoms with E-state index in [0.717, 1.165) is 17.3 Å². The van der Waals surface area contributed by atoms with Crippen molar-refractivity contribution in [2.45, 2.75) is 24.3 Å². The molecule has 0 atom stereocenters. The number of thioether (sulfide) groups is 1. The molecule has 0 amide bonds. The lowest BCUT2D eigenvalue weighted by atomic mass is 10.2. The maximum absolute atomic E-state index is 12.2. The van der Waals surface area contributed by atoms with Gasteiger partial charge in [-0.2, -0.15) is 13.2 Å². The molecule has 1 aromatic carbocycles. The molecule has 0 saturated heterocycles. The average molecular weight is 313 g/mol. The number of nitrogens with zero attached hydrogens (tertiary/aromatic N) is 3. The van der Waals surface area contributed by atoms with Gasteiger partial charge in [0.1, 0.15) is 0 Å². The van der Waals surface area contributed by atoms with E-state index in [0.29, 0.717) is 17.5 Å². The van der Waals surface area contributed by atoms with Gasteiger partial charge in [-0.05, 0) is 0 Å². The zero-order valence-corrected chi connectivity index (χ0v) is 12.0. The Bertz CT molecular complexity index is 593. The van der Waals surface area contributed by atoms with Crippen molar-refractivity contribution in [3.05, 3.63) is 43.0 Å². The first-order chi connectivity index (χ1) is 10.0. The monoisotopic (exact) mass is 313 g/mol. The summed E-state index contributed by atoms with van der Waals surface area (Å²) in [6.45, 7) is 4.12. The lowest BCUT2D eigenvalue weighted by Gasteiger charge is -2.08. The molecule has 112 valence electrons. The molecule has 2 rings (SSSR count). The quantitative estimate of drug-likeness (QED) is 0.592. The molecule has 2 aromatic rings. The number of halogens is 3. The minimum atomic E-state index is -4.15. The fourth-order valence-corrected chi connectivity index (χ4v) is 2.68. The topological polar surface area (TPSA) is 30.7 Å². The van der Waals surface area contributed by atoms with Crippen molar-refractivity contribution in [2.24, 2.45) is 0 Å². The SMILES string of the molecule is C=CCn1c(SCCC(F)(F)F)nnc1-c1ccccc1. The van der Waals surface area contributed by atoms with Crippen LogP contribution in [-0.4, -0.2) is 26.7 Å². The first kappa shape index (κ1) is 15.6. The highest BCUT2D eigenvalue weighted by Crippen LogP contribution is 2.27. The van der Waals surface area contributed by atoms with E-state index in [1.165, 1.54) is 0 Å². The molecule has 0 aliphatic rings. The van der Waals surface area contributed by atoms with Crippen LogP contribution in [0.5, 0.6) is 0 Å². The lowest BCUT2D eigenvalue weighted by molar-refractivity contribution is -0.129. The number of benzene rings is 1. The smallest absolute Gasteiger partial charge is 0.298 e. The predicted octanol–water partition coefficient (Wildman–Crippen LogP) is 4.18. The van der Waals surface area contributed by atoms with Crippen LogP contribution in [0.4, 0.5) is 13.2 Å². The van der Waals surface area contributed by atoms with Gasteiger partial charge in [-0.25, -0.2) is 0 Å². The van der Waals surface area contributed by atoms with Crippen molar-refractivity contribution < 1.29 is 13.2 Å². The molecule has 0 unspecified atom stereocenters. The molecular formula is C14H14F3N3S. The summed E-state index contributed by atoms with van der Waals surface area (Å²) in [4.78, 5) is 0. The summed E-state index contributed by atoms with van der Waals surface area (Å²) in [6.07, 6.45) is -3.33. The van der Waals surface area contributed by atoms with Crippen LogP contribution >= 0.6 is 11.8 Å². The molecule has 0 aliphatic heterocycles. The van der Waals surface area contributed by atoms with Gasteiger partial charge in [0, 0.05) is 17.9 Å². The van der Waals surface area contributed by atoms with Crippen molar-refractivity contribution in [1.29, 1.82) is 0 Å². The molecule has 3 nitrogen and oxygen atoms in total. The Kier molecular flexibility index (Phi) is 5.06. The zero-order valence-electron chi connectivity index (χ0n) is 11.2. The number of allylic oxidation sites excluding steroid dienone is 1. The van der Waals surface area contributed by atoms with Gasteiger partial charge in [-0.1, -0.05) is 48.2 Å². The van der Waals surface area contributed by atoms with Crippen LogP contribution in [0.15, 0.2) is 48.1 Å². The molecule has 0 bridgehead atoms. The van der Waals surface area contributed by atoms with Crippen LogP contribution < -0.4 is 0 Å². The molecule has 1 aromatic heterocycles. The van der Waals surface area contributed by atoms with E-state index < -0.39 is 12.6 Å². The maximum atomic E-state index is 12.2. The van der Waals surface area contributed by atoms with Gasteiger partial charge in [0.05, 0.1) is 6.42 Å². The molecule has 0 N–H and O–H groups in total. The second kappa shape index (κ2) is 6.80. The summed E-state index contributed by atoms with van der Waals surface area (Å²) >= 11 is 1.05. The van der Waals surface area contributed by atoms with Crippen LogP contribution in [0.25, 0.3) is 11.4 Å². The Morgan fingerprint density at radius 3 is 2.52 bits per heavy atom. The van der Waals surface area contributed by atoms with Gasteiger partial charge in [-0.3, -0.25) is 4.57 Å². The van der Waals surface area contributed by atoms with E-state index >= 15 is 0 Å². The largest absolute Gasteiger partial charge is 0.389 e. The number of alkyl halides is 3. The Balaban J connectivity index is 2.19. The molecule has 7 heteroatoms. The number of hydrogen-bond donors (Lipinski definition) is 0. The molecule has 0 aliphatic carbocycles. The Morgan fingerprint density at radius 2 is 1.90 bits per heavy atom. The molecule has 0 radical (unpaired) electrons. The summed E-state index contributed by atoms with van der Waals surface area (Å²) in [6, 6.07) is 9.40. The minimum Gasteiger partial charge on any atom is -0.298 e. The second-order valence-electron chi connectivity index (χ2n) is 4.29. The maximum Gasteiger partial charge on any atom is 0.389 e. The van der Waals surface area contributed by atoms with Gasteiger partial charge in [0.15, 0.2) is 11.0 Å². The summed E-state index contributed by atoms with van der Waals surface area (Å²) in [5.41, 5.74) is 0.870. The van der Waals surface area contributed by atoms with Gasteiger partial charge in [0.2, 0.25) is 0 Å². The lowest BCUT2D eigenvalue weighted by Crippen LogP contribution is -2.09. The Hall–Kier alpha value is -1.76. The standard InChI is InChI=1S/C14H14F3N3S/c1-2-9-20-12(11-6-4-3-5-7-11)18-19-13(20)21-10-8-14(15,16)17/h2-7H,1,8-10H2. The third-order valence-corrected chi connectivity index (χ3v) is 3.65. The summed E-state index contributed by atoms with van der Waals surface area (Å²) in [7, 11) is 0. The molecular weight excluding hydrogens is 299 g/mol. The van der Waals surface area contributed by atoms with E-state index in [4.69, 9.17) is 0 Å². The van der Waals surface area contributed by atoms with Crippen LogP contribution in [0.1, 0.15) is 6.42 Å². The fraction of sp³-hybridized carbons (Fsp3) is 0.286. The van der Waals surface area contributed by atoms with E-state index in [1.807, 2.05) is 30.3 Å². The molecule has 0 spiro atoms. The van der Waals surface area contributed by atoms with Crippen molar-refractivity contribution in [1.82, 2.24) is 14.8 Å². The summed E-state index contributed by atoms with van der Waals surface area (Å²) in [5, 5.41) is 8.55.